The predicted octanol–water partition coefficient (Wildman–Crippen LogP) is 3.45. The van der Waals surface area contributed by atoms with Gasteiger partial charge >= 0.3 is 6.09 Å². The zero-order valence-corrected chi connectivity index (χ0v) is 10.1. The standard InChI is InChI=1S/C13H19NO2/c1-4-11(3)14(13(15)16-5-2)12-9-7-6-8-10-12/h6-11H,4-5H2,1-3H3. The lowest BCUT2D eigenvalue weighted by Gasteiger charge is -2.27. The molecule has 1 amide bonds. The summed E-state index contributed by atoms with van der Waals surface area (Å²) < 4.78 is 5.07. The van der Waals surface area contributed by atoms with Crippen LogP contribution in [-0.2, 0) is 4.74 Å². The molecular weight excluding hydrogens is 202 g/mol. The highest BCUT2D eigenvalue weighted by Gasteiger charge is 2.21. The monoisotopic (exact) mass is 221 g/mol. The molecule has 88 valence electrons. The van der Waals surface area contributed by atoms with E-state index >= 15 is 0 Å². The molecule has 1 aromatic carbocycles. The molecule has 0 aliphatic heterocycles. The second kappa shape index (κ2) is 6.16. The summed E-state index contributed by atoms with van der Waals surface area (Å²) in [6, 6.07) is 9.75. The molecule has 0 N–H and O–H groups in total. The number of ether oxygens (including phenoxy) is 1. The second-order valence-electron chi connectivity index (χ2n) is 3.66. The molecule has 0 aromatic heterocycles. The van der Waals surface area contributed by atoms with Crippen molar-refractivity contribution < 1.29 is 9.53 Å². The number of benzene rings is 1. The molecule has 0 aliphatic carbocycles. The van der Waals surface area contributed by atoms with Gasteiger partial charge in [0.15, 0.2) is 0 Å². The van der Waals surface area contributed by atoms with E-state index in [1.807, 2.05) is 44.2 Å². The second-order valence-corrected chi connectivity index (χ2v) is 3.66. The van der Waals surface area contributed by atoms with E-state index in [1.165, 1.54) is 0 Å². The Morgan fingerprint density at radius 3 is 2.44 bits per heavy atom. The number of anilines is 1. The van der Waals surface area contributed by atoms with Gasteiger partial charge in [0.25, 0.3) is 0 Å². The smallest absolute Gasteiger partial charge is 0.414 e. The average molecular weight is 221 g/mol. The normalized spacial score (nSPS) is 11.9. The summed E-state index contributed by atoms with van der Waals surface area (Å²) in [6.07, 6.45) is 0.622. The van der Waals surface area contributed by atoms with Crippen molar-refractivity contribution in [2.24, 2.45) is 0 Å². The van der Waals surface area contributed by atoms with Gasteiger partial charge in [-0.25, -0.2) is 4.79 Å². The molecule has 0 radical (unpaired) electrons. The first kappa shape index (κ1) is 12.6. The Kier molecular flexibility index (Phi) is 4.83. The molecular formula is C13H19NO2. The lowest BCUT2D eigenvalue weighted by molar-refractivity contribution is 0.157. The molecule has 0 fully saturated rings. The van der Waals surface area contributed by atoms with Crippen molar-refractivity contribution >= 4 is 11.8 Å². The quantitative estimate of drug-likeness (QED) is 0.779. The summed E-state index contributed by atoms with van der Waals surface area (Å²) in [5.41, 5.74) is 0.885. The van der Waals surface area contributed by atoms with Crippen LogP contribution in [0.25, 0.3) is 0 Å². The molecule has 3 nitrogen and oxygen atoms in total. The maximum atomic E-state index is 11.8. The van der Waals surface area contributed by atoms with E-state index in [0.29, 0.717) is 6.61 Å². The Hall–Kier alpha value is -1.51. The summed E-state index contributed by atoms with van der Waals surface area (Å²) in [7, 11) is 0. The van der Waals surface area contributed by atoms with Crippen LogP contribution in [0.15, 0.2) is 30.3 Å². The molecule has 1 rings (SSSR count). The fraction of sp³-hybridized carbons (Fsp3) is 0.462. The van der Waals surface area contributed by atoms with Crippen molar-refractivity contribution in [3.8, 4) is 0 Å². The Morgan fingerprint density at radius 1 is 1.31 bits per heavy atom. The molecule has 1 atom stereocenters. The molecule has 0 spiro atoms. The number of carbonyl (C=O) groups is 1. The molecule has 1 unspecified atom stereocenters. The first-order valence-corrected chi connectivity index (χ1v) is 5.71. The lowest BCUT2D eigenvalue weighted by Crippen LogP contribution is -2.38. The zero-order chi connectivity index (χ0) is 12.0. The van der Waals surface area contributed by atoms with Gasteiger partial charge in [-0.3, -0.25) is 4.90 Å². The number of hydrogen-bond acceptors (Lipinski definition) is 2. The molecule has 1 aromatic rings. The molecule has 3 heteroatoms. The number of amides is 1. The van der Waals surface area contributed by atoms with Crippen LogP contribution in [0, 0.1) is 0 Å². The van der Waals surface area contributed by atoms with Gasteiger partial charge in [-0.15, -0.1) is 0 Å². The van der Waals surface area contributed by atoms with Gasteiger partial charge in [0.2, 0.25) is 0 Å². The SMILES string of the molecule is CCOC(=O)N(c1ccccc1)C(C)CC. The predicted molar refractivity (Wildman–Crippen MR) is 65.7 cm³/mol. The van der Waals surface area contributed by atoms with Crippen LogP contribution >= 0.6 is 0 Å². The first-order chi connectivity index (χ1) is 7.70. The van der Waals surface area contributed by atoms with Gasteiger partial charge in [0.1, 0.15) is 0 Å². The molecule has 0 saturated carbocycles. The Balaban J connectivity index is 2.92. The minimum atomic E-state index is -0.275. The summed E-state index contributed by atoms with van der Waals surface area (Å²) in [4.78, 5) is 13.5. The van der Waals surface area contributed by atoms with Crippen molar-refractivity contribution in [2.45, 2.75) is 33.2 Å². The largest absolute Gasteiger partial charge is 0.449 e. The molecule has 0 bridgehead atoms. The number of para-hydroxylation sites is 1. The van der Waals surface area contributed by atoms with Gasteiger partial charge in [0, 0.05) is 11.7 Å². The third kappa shape index (κ3) is 2.99. The van der Waals surface area contributed by atoms with Crippen LogP contribution < -0.4 is 4.90 Å². The van der Waals surface area contributed by atoms with E-state index in [-0.39, 0.29) is 12.1 Å². The summed E-state index contributed by atoms with van der Waals surface area (Å²) >= 11 is 0. The van der Waals surface area contributed by atoms with Gasteiger partial charge in [-0.2, -0.15) is 0 Å². The number of hydrogen-bond donors (Lipinski definition) is 0. The topological polar surface area (TPSA) is 29.5 Å². The Labute approximate surface area is 97.0 Å². The van der Waals surface area contributed by atoms with Crippen LogP contribution in [0.3, 0.4) is 0 Å². The maximum absolute atomic E-state index is 11.8. The Bertz CT molecular complexity index is 324. The third-order valence-corrected chi connectivity index (χ3v) is 2.53. The van der Waals surface area contributed by atoms with Gasteiger partial charge in [-0.05, 0) is 32.4 Å². The van der Waals surface area contributed by atoms with E-state index in [2.05, 4.69) is 6.92 Å². The molecule has 0 aliphatic rings. The number of carbonyl (C=O) groups excluding carboxylic acids is 1. The Morgan fingerprint density at radius 2 is 1.94 bits per heavy atom. The maximum Gasteiger partial charge on any atom is 0.414 e. The fourth-order valence-electron chi connectivity index (χ4n) is 1.50. The zero-order valence-electron chi connectivity index (χ0n) is 10.1. The number of rotatable bonds is 4. The molecule has 0 saturated heterocycles. The summed E-state index contributed by atoms with van der Waals surface area (Å²) in [6.45, 7) is 6.29. The fourth-order valence-corrected chi connectivity index (χ4v) is 1.50. The molecule has 16 heavy (non-hydrogen) atoms. The third-order valence-electron chi connectivity index (χ3n) is 2.53. The minimum Gasteiger partial charge on any atom is -0.449 e. The highest BCUT2D eigenvalue weighted by molar-refractivity contribution is 5.88. The summed E-state index contributed by atoms with van der Waals surface area (Å²) in [5, 5.41) is 0. The van der Waals surface area contributed by atoms with Crippen molar-refractivity contribution in [3.63, 3.8) is 0 Å². The van der Waals surface area contributed by atoms with Crippen molar-refractivity contribution in [1.82, 2.24) is 0 Å². The van der Waals surface area contributed by atoms with E-state index in [4.69, 9.17) is 4.74 Å². The van der Waals surface area contributed by atoms with Crippen molar-refractivity contribution in [2.75, 3.05) is 11.5 Å². The first-order valence-electron chi connectivity index (χ1n) is 5.71. The van der Waals surface area contributed by atoms with Crippen LogP contribution in [0.4, 0.5) is 10.5 Å². The highest BCUT2D eigenvalue weighted by atomic mass is 16.6. The van der Waals surface area contributed by atoms with Crippen molar-refractivity contribution in [3.05, 3.63) is 30.3 Å². The van der Waals surface area contributed by atoms with E-state index in [9.17, 15) is 4.79 Å². The lowest BCUT2D eigenvalue weighted by atomic mass is 10.2. The summed E-state index contributed by atoms with van der Waals surface area (Å²) in [5.74, 6) is 0. The molecule has 0 heterocycles. The van der Waals surface area contributed by atoms with E-state index < -0.39 is 0 Å². The van der Waals surface area contributed by atoms with Gasteiger partial charge in [0.05, 0.1) is 6.61 Å². The van der Waals surface area contributed by atoms with E-state index in [1.54, 1.807) is 4.90 Å². The highest BCUT2D eigenvalue weighted by Crippen LogP contribution is 2.19. The van der Waals surface area contributed by atoms with Crippen LogP contribution in [0.5, 0.6) is 0 Å². The van der Waals surface area contributed by atoms with Crippen LogP contribution in [-0.4, -0.2) is 18.7 Å². The van der Waals surface area contributed by atoms with Crippen LogP contribution in [0.1, 0.15) is 27.2 Å². The van der Waals surface area contributed by atoms with E-state index in [0.717, 1.165) is 12.1 Å². The van der Waals surface area contributed by atoms with Gasteiger partial charge in [-0.1, -0.05) is 25.1 Å². The minimum absolute atomic E-state index is 0.140. The van der Waals surface area contributed by atoms with Gasteiger partial charge < -0.3 is 4.74 Å². The van der Waals surface area contributed by atoms with Crippen LogP contribution in [0.2, 0.25) is 0 Å². The number of nitrogens with zero attached hydrogens (tertiary/aromatic N) is 1. The van der Waals surface area contributed by atoms with Crippen molar-refractivity contribution in [1.29, 1.82) is 0 Å². The average Bonchev–Trinajstić information content (AvgIpc) is 2.31.